The summed E-state index contributed by atoms with van der Waals surface area (Å²) in [6.45, 7) is 5.32. The molecule has 1 atom stereocenters. The van der Waals surface area contributed by atoms with Crippen LogP contribution in [-0.4, -0.2) is 34.2 Å². The number of hydrogen-bond donors (Lipinski definition) is 2. The Morgan fingerprint density at radius 2 is 2.17 bits per heavy atom. The fourth-order valence-corrected chi connectivity index (χ4v) is 3.35. The summed E-state index contributed by atoms with van der Waals surface area (Å²) < 4.78 is 13.3. The fourth-order valence-electron chi connectivity index (χ4n) is 3.35. The van der Waals surface area contributed by atoms with Crippen LogP contribution in [0.1, 0.15) is 48.4 Å². The molecule has 1 aliphatic heterocycles. The largest absolute Gasteiger partial charge is 0.331 e. The first-order valence-electron chi connectivity index (χ1n) is 8.34. The van der Waals surface area contributed by atoms with Crippen molar-refractivity contribution in [3.8, 4) is 0 Å². The second kappa shape index (κ2) is 7.03. The van der Waals surface area contributed by atoms with Crippen molar-refractivity contribution in [2.45, 2.75) is 38.6 Å². The van der Waals surface area contributed by atoms with Gasteiger partial charge in [0.25, 0.3) is 0 Å². The van der Waals surface area contributed by atoms with Crippen LogP contribution in [0, 0.1) is 12.7 Å². The van der Waals surface area contributed by atoms with Crippen molar-refractivity contribution < 1.29 is 9.18 Å². The van der Waals surface area contributed by atoms with Crippen LogP contribution in [0.25, 0.3) is 0 Å². The van der Waals surface area contributed by atoms with Gasteiger partial charge >= 0.3 is 6.03 Å². The van der Waals surface area contributed by atoms with E-state index in [0.717, 1.165) is 24.0 Å². The molecule has 0 spiro atoms. The van der Waals surface area contributed by atoms with Gasteiger partial charge in [0.15, 0.2) is 0 Å². The minimum atomic E-state index is -0.193. The molecule has 2 amide bonds. The topological polar surface area (TPSA) is 61.0 Å². The summed E-state index contributed by atoms with van der Waals surface area (Å²) in [7, 11) is 0. The molecule has 1 aliphatic rings. The molecule has 0 saturated carbocycles. The van der Waals surface area contributed by atoms with E-state index in [0.29, 0.717) is 19.0 Å². The summed E-state index contributed by atoms with van der Waals surface area (Å²) in [5.74, 6) is 0.197. The zero-order valence-corrected chi connectivity index (χ0v) is 14.1. The molecular formula is C18H23FN4O. The number of rotatable bonds is 3. The van der Waals surface area contributed by atoms with Crippen LogP contribution in [-0.2, 0) is 0 Å². The highest BCUT2D eigenvalue weighted by Gasteiger charge is 2.25. The molecule has 24 heavy (non-hydrogen) atoms. The molecule has 1 saturated heterocycles. The first-order valence-corrected chi connectivity index (χ1v) is 8.34. The number of hydrogen-bond acceptors (Lipinski definition) is 2. The van der Waals surface area contributed by atoms with Gasteiger partial charge in [0.05, 0.1) is 12.2 Å². The zero-order valence-electron chi connectivity index (χ0n) is 14.1. The van der Waals surface area contributed by atoms with Crippen molar-refractivity contribution in [3.05, 3.63) is 53.1 Å². The van der Waals surface area contributed by atoms with Crippen molar-refractivity contribution in [2.75, 3.05) is 13.1 Å². The Kier molecular flexibility index (Phi) is 4.83. The van der Waals surface area contributed by atoms with Crippen LogP contribution in [0.5, 0.6) is 0 Å². The fraction of sp³-hybridized carbons (Fsp3) is 0.444. The molecule has 1 fully saturated rings. The highest BCUT2D eigenvalue weighted by atomic mass is 19.1. The smallest absolute Gasteiger partial charge is 0.317 e. The lowest BCUT2D eigenvalue weighted by atomic mass is 9.87. The number of carbonyl (C=O) groups is 1. The standard InChI is InChI=1S/C18H23FN4O/c1-12-9-16(19)3-4-17(12)14-5-7-23(8-6-14)18(24)22-13(2)15-10-20-21-11-15/h3-4,9-11,13-14H,5-8H2,1-2H3,(H,20,21)(H,22,24). The number of benzene rings is 1. The third-order valence-corrected chi connectivity index (χ3v) is 4.81. The van der Waals surface area contributed by atoms with Crippen molar-refractivity contribution in [2.24, 2.45) is 0 Å². The van der Waals surface area contributed by atoms with E-state index < -0.39 is 0 Å². The number of nitrogens with one attached hydrogen (secondary N) is 2. The van der Waals surface area contributed by atoms with Gasteiger partial charge in [-0.2, -0.15) is 5.10 Å². The number of aromatic nitrogens is 2. The summed E-state index contributed by atoms with van der Waals surface area (Å²) >= 11 is 0. The molecule has 2 heterocycles. The molecular weight excluding hydrogens is 307 g/mol. The normalized spacial score (nSPS) is 16.9. The van der Waals surface area contributed by atoms with E-state index in [4.69, 9.17) is 0 Å². The lowest BCUT2D eigenvalue weighted by Gasteiger charge is -2.33. The Bertz CT molecular complexity index is 693. The van der Waals surface area contributed by atoms with E-state index in [1.807, 2.05) is 24.8 Å². The quantitative estimate of drug-likeness (QED) is 0.905. The molecule has 128 valence electrons. The molecule has 1 aromatic carbocycles. The summed E-state index contributed by atoms with van der Waals surface area (Å²) in [5.41, 5.74) is 3.15. The van der Waals surface area contributed by atoms with Crippen LogP contribution in [0.3, 0.4) is 0 Å². The monoisotopic (exact) mass is 330 g/mol. The lowest BCUT2D eigenvalue weighted by molar-refractivity contribution is 0.178. The van der Waals surface area contributed by atoms with E-state index in [1.165, 1.54) is 11.6 Å². The third-order valence-electron chi connectivity index (χ3n) is 4.81. The van der Waals surface area contributed by atoms with Gasteiger partial charge < -0.3 is 10.2 Å². The maximum Gasteiger partial charge on any atom is 0.317 e. The average Bonchev–Trinajstić information content (AvgIpc) is 3.09. The van der Waals surface area contributed by atoms with Gasteiger partial charge in [0, 0.05) is 24.8 Å². The van der Waals surface area contributed by atoms with Gasteiger partial charge in [-0.15, -0.1) is 0 Å². The molecule has 0 radical (unpaired) electrons. The number of likely N-dealkylation sites (tertiary alicyclic amines) is 1. The van der Waals surface area contributed by atoms with Crippen LogP contribution in [0.15, 0.2) is 30.6 Å². The number of halogens is 1. The average molecular weight is 330 g/mol. The number of carbonyl (C=O) groups excluding carboxylic acids is 1. The Labute approximate surface area is 141 Å². The number of amides is 2. The molecule has 3 rings (SSSR count). The molecule has 0 aliphatic carbocycles. The molecule has 2 aromatic rings. The van der Waals surface area contributed by atoms with E-state index in [9.17, 15) is 9.18 Å². The number of piperidine rings is 1. The first-order chi connectivity index (χ1) is 11.5. The zero-order chi connectivity index (χ0) is 17.1. The predicted molar refractivity (Wildman–Crippen MR) is 90.2 cm³/mol. The van der Waals surface area contributed by atoms with E-state index in [2.05, 4.69) is 15.5 Å². The summed E-state index contributed by atoms with van der Waals surface area (Å²) in [4.78, 5) is 14.2. The van der Waals surface area contributed by atoms with Crippen molar-refractivity contribution in [3.63, 3.8) is 0 Å². The molecule has 0 bridgehead atoms. The highest BCUT2D eigenvalue weighted by molar-refractivity contribution is 5.74. The Balaban J connectivity index is 1.55. The molecule has 2 N–H and O–H groups in total. The van der Waals surface area contributed by atoms with Gasteiger partial charge in [-0.1, -0.05) is 6.07 Å². The van der Waals surface area contributed by atoms with E-state index in [1.54, 1.807) is 18.5 Å². The van der Waals surface area contributed by atoms with Crippen molar-refractivity contribution >= 4 is 6.03 Å². The second-order valence-corrected chi connectivity index (χ2v) is 6.47. The molecule has 1 unspecified atom stereocenters. The number of nitrogens with zero attached hydrogens (tertiary/aromatic N) is 2. The molecule has 1 aromatic heterocycles. The summed E-state index contributed by atoms with van der Waals surface area (Å²) in [6.07, 6.45) is 5.31. The van der Waals surface area contributed by atoms with Crippen molar-refractivity contribution in [1.29, 1.82) is 0 Å². The number of aromatic amines is 1. The lowest BCUT2D eigenvalue weighted by Crippen LogP contribution is -2.44. The number of urea groups is 1. The van der Waals surface area contributed by atoms with Crippen LogP contribution >= 0.6 is 0 Å². The van der Waals surface area contributed by atoms with Crippen molar-refractivity contribution in [1.82, 2.24) is 20.4 Å². The number of aryl methyl sites for hydroxylation is 1. The maximum atomic E-state index is 13.3. The minimum Gasteiger partial charge on any atom is -0.331 e. The minimum absolute atomic E-state index is 0.0435. The van der Waals surface area contributed by atoms with E-state index in [-0.39, 0.29) is 17.9 Å². The van der Waals surface area contributed by atoms with Gasteiger partial charge in [0.2, 0.25) is 0 Å². The Hall–Kier alpha value is -2.37. The SMILES string of the molecule is Cc1cc(F)ccc1C1CCN(C(=O)NC(C)c2cn[nH]c2)CC1. The predicted octanol–water partition coefficient (Wildman–Crippen LogP) is 3.51. The Morgan fingerprint density at radius 3 is 2.79 bits per heavy atom. The molecule has 6 heteroatoms. The third kappa shape index (κ3) is 3.58. The van der Waals surface area contributed by atoms with Gasteiger partial charge in [-0.25, -0.2) is 9.18 Å². The first kappa shape index (κ1) is 16.5. The van der Waals surface area contributed by atoms with Crippen LogP contribution < -0.4 is 5.32 Å². The highest BCUT2D eigenvalue weighted by Crippen LogP contribution is 2.30. The van der Waals surface area contributed by atoms with E-state index >= 15 is 0 Å². The van der Waals surface area contributed by atoms with Crippen LogP contribution in [0.4, 0.5) is 9.18 Å². The summed E-state index contributed by atoms with van der Waals surface area (Å²) in [5, 5.41) is 9.66. The second-order valence-electron chi connectivity index (χ2n) is 6.47. The summed E-state index contributed by atoms with van der Waals surface area (Å²) in [6, 6.07) is 4.87. The maximum absolute atomic E-state index is 13.3. The van der Waals surface area contributed by atoms with Gasteiger partial charge in [0.1, 0.15) is 5.82 Å². The number of H-pyrrole nitrogens is 1. The van der Waals surface area contributed by atoms with Gasteiger partial charge in [-0.3, -0.25) is 5.10 Å². The van der Waals surface area contributed by atoms with Gasteiger partial charge in [-0.05, 0) is 55.9 Å². The Morgan fingerprint density at radius 1 is 1.42 bits per heavy atom. The van der Waals surface area contributed by atoms with Crippen LogP contribution in [0.2, 0.25) is 0 Å². The molecule has 5 nitrogen and oxygen atoms in total.